The average Bonchev–Trinajstić information content (AvgIpc) is 2.39. The van der Waals surface area contributed by atoms with Gasteiger partial charge in [0.05, 0.1) is 9.85 Å². The number of rotatable bonds is 2. The molecule has 0 radical (unpaired) electrons. The largest absolute Gasteiger partial charge is 0.269 e. The Labute approximate surface area is 116 Å². The Morgan fingerprint density at radius 3 is 1.30 bits per heavy atom. The van der Waals surface area contributed by atoms with Gasteiger partial charge in [0.15, 0.2) is 0 Å². The van der Waals surface area contributed by atoms with Crippen LogP contribution in [-0.4, -0.2) is 9.85 Å². The molecule has 0 fully saturated rings. The topological polar surface area (TPSA) is 86.3 Å². The van der Waals surface area contributed by atoms with Gasteiger partial charge in [-0.05, 0) is 25.0 Å². The van der Waals surface area contributed by atoms with Gasteiger partial charge in [-0.3, -0.25) is 20.2 Å². The lowest BCUT2D eigenvalue weighted by atomic mass is 10.2. The molecular weight excluding hydrogens is 260 g/mol. The van der Waals surface area contributed by atoms with E-state index in [1.165, 1.54) is 12.1 Å². The van der Waals surface area contributed by atoms with Gasteiger partial charge in [-0.1, -0.05) is 24.3 Å². The number of nitro groups is 2. The van der Waals surface area contributed by atoms with Crippen LogP contribution in [0, 0.1) is 34.1 Å². The first-order chi connectivity index (χ1) is 9.40. The zero-order valence-corrected chi connectivity index (χ0v) is 11.1. The summed E-state index contributed by atoms with van der Waals surface area (Å²) in [5.41, 5.74) is 2.13. The third-order valence-corrected chi connectivity index (χ3v) is 2.42. The maximum Gasteiger partial charge on any atom is 0.269 e. The number of non-ortho nitro benzene ring substituents is 2. The van der Waals surface area contributed by atoms with E-state index in [1.807, 2.05) is 26.0 Å². The van der Waals surface area contributed by atoms with Gasteiger partial charge in [0.25, 0.3) is 11.4 Å². The molecule has 0 atom stereocenters. The van der Waals surface area contributed by atoms with Crippen LogP contribution in [-0.2, 0) is 0 Å². The molecular formula is C14H14N2O4. The zero-order chi connectivity index (χ0) is 15.1. The van der Waals surface area contributed by atoms with Crippen molar-refractivity contribution in [3.05, 3.63) is 79.9 Å². The molecule has 104 valence electrons. The minimum atomic E-state index is -0.396. The molecule has 0 unspecified atom stereocenters. The highest BCUT2D eigenvalue weighted by molar-refractivity contribution is 5.33. The number of nitrogens with zero attached hydrogens (tertiary/aromatic N) is 2. The second-order valence-corrected chi connectivity index (χ2v) is 4.19. The third-order valence-electron chi connectivity index (χ3n) is 2.42. The molecule has 2 aromatic carbocycles. The van der Waals surface area contributed by atoms with Crippen LogP contribution in [0.2, 0.25) is 0 Å². The lowest BCUT2D eigenvalue weighted by molar-refractivity contribution is -0.385. The van der Waals surface area contributed by atoms with Gasteiger partial charge in [-0.25, -0.2) is 0 Å². The predicted octanol–water partition coefficient (Wildman–Crippen LogP) is 3.81. The predicted molar refractivity (Wildman–Crippen MR) is 75.7 cm³/mol. The van der Waals surface area contributed by atoms with E-state index >= 15 is 0 Å². The standard InChI is InChI=1S/2C7H7NO2/c2*1-6-3-2-4-7(5-6)8(9)10/h2*2-5H,1H3. The molecule has 0 N–H and O–H groups in total. The normalized spacial score (nSPS) is 9.30. The molecule has 0 saturated heterocycles. The van der Waals surface area contributed by atoms with Crippen LogP contribution >= 0.6 is 0 Å². The van der Waals surface area contributed by atoms with Crippen molar-refractivity contribution in [1.29, 1.82) is 0 Å². The fourth-order valence-corrected chi connectivity index (χ4v) is 1.48. The molecule has 0 spiro atoms. The van der Waals surface area contributed by atoms with Crippen molar-refractivity contribution in [2.45, 2.75) is 13.8 Å². The molecule has 6 heteroatoms. The number of benzene rings is 2. The fraction of sp³-hybridized carbons (Fsp3) is 0.143. The average molecular weight is 274 g/mol. The van der Waals surface area contributed by atoms with Crippen LogP contribution in [0.3, 0.4) is 0 Å². The Balaban J connectivity index is 0.000000200. The zero-order valence-electron chi connectivity index (χ0n) is 11.1. The highest BCUT2D eigenvalue weighted by Crippen LogP contribution is 2.11. The van der Waals surface area contributed by atoms with Gasteiger partial charge in [0.2, 0.25) is 0 Å². The van der Waals surface area contributed by atoms with Crippen molar-refractivity contribution in [2.75, 3.05) is 0 Å². The van der Waals surface area contributed by atoms with E-state index in [2.05, 4.69) is 0 Å². The summed E-state index contributed by atoms with van der Waals surface area (Å²) in [5, 5.41) is 20.3. The molecule has 2 rings (SSSR count). The third kappa shape index (κ3) is 4.85. The van der Waals surface area contributed by atoms with E-state index in [1.54, 1.807) is 24.3 Å². The molecule has 0 amide bonds. The summed E-state index contributed by atoms with van der Waals surface area (Å²) in [7, 11) is 0. The summed E-state index contributed by atoms with van der Waals surface area (Å²) < 4.78 is 0. The van der Waals surface area contributed by atoms with Crippen LogP contribution in [0.15, 0.2) is 48.5 Å². The van der Waals surface area contributed by atoms with Crippen molar-refractivity contribution < 1.29 is 9.85 Å². The molecule has 0 saturated carbocycles. The van der Waals surface area contributed by atoms with Gasteiger partial charge < -0.3 is 0 Å². The van der Waals surface area contributed by atoms with E-state index in [4.69, 9.17) is 0 Å². The molecule has 0 bridgehead atoms. The van der Waals surface area contributed by atoms with Gasteiger partial charge in [0.1, 0.15) is 0 Å². The Hall–Kier alpha value is -2.76. The number of hydrogen-bond acceptors (Lipinski definition) is 4. The van der Waals surface area contributed by atoms with Crippen molar-refractivity contribution in [3.8, 4) is 0 Å². The number of hydrogen-bond donors (Lipinski definition) is 0. The highest BCUT2D eigenvalue weighted by Gasteiger charge is 2.02. The lowest BCUT2D eigenvalue weighted by Crippen LogP contribution is -1.86. The molecule has 0 aromatic heterocycles. The quantitative estimate of drug-likeness (QED) is 0.615. The number of aryl methyl sites for hydroxylation is 2. The highest BCUT2D eigenvalue weighted by atomic mass is 16.6. The summed E-state index contributed by atoms with van der Waals surface area (Å²) >= 11 is 0. The summed E-state index contributed by atoms with van der Waals surface area (Å²) in [5.74, 6) is 0. The Bertz CT molecular complexity index is 571. The monoisotopic (exact) mass is 274 g/mol. The van der Waals surface area contributed by atoms with Crippen molar-refractivity contribution >= 4 is 11.4 Å². The van der Waals surface area contributed by atoms with Gasteiger partial charge in [-0.15, -0.1) is 0 Å². The fourth-order valence-electron chi connectivity index (χ4n) is 1.48. The van der Waals surface area contributed by atoms with E-state index in [-0.39, 0.29) is 11.4 Å². The first kappa shape index (κ1) is 15.3. The maximum atomic E-state index is 10.2. The Kier molecular flexibility index (Phi) is 5.34. The first-order valence-corrected chi connectivity index (χ1v) is 5.82. The summed E-state index contributed by atoms with van der Waals surface area (Å²) in [6, 6.07) is 13.0. The summed E-state index contributed by atoms with van der Waals surface area (Å²) in [4.78, 5) is 19.5. The number of nitro benzene ring substituents is 2. The van der Waals surface area contributed by atoms with E-state index in [0.717, 1.165) is 11.1 Å². The van der Waals surface area contributed by atoms with E-state index in [9.17, 15) is 20.2 Å². The van der Waals surface area contributed by atoms with Crippen LogP contribution in [0.4, 0.5) is 11.4 Å². The van der Waals surface area contributed by atoms with Gasteiger partial charge >= 0.3 is 0 Å². The summed E-state index contributed by atoms with van der Waals surface area (Å²) in [6.45, 7) is 3.65. The molecule has 0 heterocycles. The molecule has 6 nitrogen and oxygen atoms in total. The summed E-state index contributed by atoms with van der Waals surface area (Å²) in [6.07, 6.45) is 0. The van der Waals surface area contributed by atoms with Crippen molar-refractivity contribution in [3.63, 3.8) is 0 Å². The molecule has 0 aliphatic carbocycles. The lowest BCUT2D eigenvalue weighted by Gasteiger charge is -1.90. The van der Waals surface area contributed by atoms with E-state index in [0.29, 0.717) is 0 Å². The van der Waals surface area contributed by atoms with Crippen molar-refractivity contribution in [2.24, 2.45) is 0 Å². The first-order valence-electron chi connectivity index (χ1n) is 5.82. The van der Waals surface area contributed by atoms with E-state index < -0.39 is 9.85 Å². The Morgan fingerprint density at radius 1 is 0.750 bits per heavy atom. The van der Waals surface area contributed by atoms with Crippen LogP contribution in [0.5, 0.6) is 0 Å². The second-order valence-electron chi connectivity index (χ2n) is 4.19. The molecule has 20 heavy (non-hydrogen) atoms. The van der Waals surface area contributed by atoms with Crippen LogP contribution < -0.4 is 0 Å². The van der Waals surface area contributed by atoms with Crippen LogP contribution in [0.25, 0.3) is 0 Å². The minimum Gasteiger partial charge on any atom is -0.258 e. The smallest absolute Gasteiger partial charge is 0.258 e. The van der Waals surface area contributed by atoms with Gasteiger partial charge in [-0.2, -0.15) is 0 Å². The maximum absolute atomic E-state index is 10.2. The molecule has 0 aliphatic rings. The van der Waals surface area contributed by atoms with Gasteiger partial charge in [0, 0.05) is 24.3 Å². The molecule has 0 aliphatic heterocycles. The van der Waals surface area contributed by atoms with Crippen molar-refractivity contribution in [1.82, 2.24) is 0 Å². The Morgan fingerprint density at radius 2 is 1.10 bits per heavy atom. The minimum absolute atomic E-state index is 0.153. The second kappa shape index (κ2) is 6.98. The SMILES string of the molecule is Cc1cccc([N+](=O)[O-])c1.Cc1cccc([N+](=O)[O-])c1. The molecule has 2 aromatic rings. The van der Waals surface area contributed by atoms with Crippen LogP contribution in [0.1, 0.15) is 11.1 Å².